The van der Waals surface area contributed by atoms with Crippen molar-refractivity contribution in [3.05, 3.63) is 11.9 Å². The second-order valence-electron chi connectivity index (χ2n) is 2.78. The fourth-order valence-electron chi connectivity index (χ4n) is 1.20. The second-order valence-corrected chi connectivity index (χ2v) is 2.78. The van der Waals surface area contributed by atoms with Gasteiger partial charge in [0, 0.05) is 6.54 Å². The minimum atomic E-state index is -0.423. The van der Waals surface area contributed by atoms with E-state index in [1.54, 1.807) is 4.68 Å². The Morgan fingerprint density at radius 1 is 1.57 bits per heavy atom. The Morgan fingerprint density at radius 3 is 2.79 bits per heavy atom. The number of ether oxygens (including phenoxy) is 2. The van der Waals surface area contributed by atoms with Gasteiger partial charge in [-0.05, 0) is 6.42 Å². The lowest BCUT2D eigenvalue weighted by atomic mass is 10.4. The highest BCUT2D eigenvalue weighted by Gasteiger charge is 2.19. The number of nitrogens with zero attached hydrogens (tertiary/aromatic N) is 2. The fourth-order valence-corrected chi connectivity index (χ4v) is 1.20. The second kappa shape index (κ2) is 4.64. The highest BCUT2D eigenvalue weighted by Crippen LogP contribution is 2.18. The number of esters is 1. The SMILES string of the molecule is CCCn1ncc(OC)c1C(=O)OC. The molecule has 14 heavy (non-hydrogen) atoms. The van der Waals surface area contributed by atoms with Gasteiger partial charge in [-0.1, -0.05) is 6.92 Å². The zero-order valence-electron chi connectivity index (χ0n) is 8.61. The predicted molar refractivity (Wildman–Crippen MR) is 50.4 cm³/mol. The van der Waals surface area contributed by atoms with Crippen LogP contribution in [0, 0.1) is 0 Å². The molecule has 5 nitrogen and oxygen atoms in total. The van der Waals surface area contributed by atoms with E-state index in [0.717, 1.165) is 6.42 Å². The molecule has 0 amide bonds. The standard InChI is InChI=1S/C9H14N2O3/c1-4-5-11-8(9(12)14-3)7(13-2)6-10-11/h6H,4-5H2,1-3H3. The van der Waals surface area contributed by atoms with E-state index in [9.17, 15) is 4.79 Å². The molecular weight excluding hydrogens is 184 g/mol. The van der Waals surface area contributed by atoms with Gasteiger partial charge in [0.2, 0.25) is 0 Å². The van der Waals surface area contributed by atoms with Gasteiger partial charge in [-0.25, -0.2) is 4.79 Å². The summed E-state index contributed by atoms with van der Waals surface area (Å²) in [6, 6.07) is 0. The van der Waals surface area contributed by atoms with Crippen LogP contribution in [0.25, 0.3) is 0 Å². The van der Waals surface area contributed by atoms with Crippen LogP contribution in [-0.4, -0.2) is 30.0 Å². The maximum Gasteiger partial charge on any atom is 0.360 e. The topological polar surface area (TPSA) is 53.4 Å². The largest absolute Gasteiger partial charge is 0.493 e. The van der Waals surface area contributed by atoms with Crippen LogP contribution in [0.3, 0.4) is 0 Å². The zero-order chi connectivity index (χ0) is 10.6. The highest BCUT2D eigenvalue weighted by atomic mass is 16.5. The summed E-state index contributed by atoms with van der Waals surface area (Å²) in [6.07, 6.45) is 2.41. The zero-order valence-corrected chi connectivity index (χ0v) is 8.61. The Kier molecular flexibility index (Phi) is 3.50. The summed E-state index contributed by atoms with van der Waals surface area (Å²) in [4.78, 5) is 11.4. The Balaban J connectivity index is 3.05. The number of hydrogen-bond donors (Lipinski definition) is 0. The first kappa shape index (κ1) is 10.6. The van der Waals surface area contributed by atoms with E-state index < -0.39 is 5.97 Å². The number of hydrogen-bond acceptors (Lipinski definition) is 4. The molecular formula is C9H14N2O3. The van der Waals surface area contributed by atoms with Crippen molar-refractivity contribution in [2.75, 3.05) is 14.2 Å². The molecule has 0 N–H and O–H groups in total. The lowest BCUT2D eigenvalue weighted by Crippen LogP contribution is -2.12. The van der Waals surface area contributed by atoms with Crippen molar-refractivity contribution in [2.45, 2.75) is 19.9 Å². The van der Waals surface area contributed by atoms with Crippen molar-refractivity contribution in [3.8, 4) is 5.75 Å². The number of aromatic nitrogens is 2. The van der Waals surface area contributed by atoms with E-state index >= 15 is 0 Å². The monoisotopic (exact) mass is 198 g/mol. The summed E-state index contributed by atoms with van der Waals surface area (Å²) in [5.74, 6) is 0.0260. The molecule has 0 aromatic carbocycles. The summed E-state index contributed by atoms with van der Waals surface area (Å²) in [5.41, 5.74) is 0.372. The summed E-state index contributed by atoms with van der Waals surface area (Å²) in [7, 11) is 2.84. The Labute approximate surface area is 82.6 Å². The van der Waals surface area contributed by atoms with E-state index in [1.807, 2.05) is 6.92 Å². The lowest BCUT2D eigenvalue weighted by Gasteiger charge is -2.05. The average Bonchev–Trinajstić information content (AvgIpc) is 2.60. The Bertz CT molecular complexity index is 320. The van der Waals surface area contributed by atoms with Crippen molar-refractivity contribution in [1.29, 1.82) is 0 Å². The van der Waals surface area contributed by atoms with Crippen LogP contribution in [0.1, 0.15) is 23.8 Å². The number of methoxy groups -OCH3 is 2. The van der Waals surface area contributed by atoms with E-state index in [2.05, 4.69) is 9.84 Å². The van der Waals surface area contributed by atoms with Gasteiger partial charge in [0.05, 0.1) is 20.4 Å². The molecule has 1 aromatic heterocycles. The van der Waals surface area contributed by atoms with E-state index in [0.29, 0.717) is 18.0 Å². The van der Waals surface area contributed by atoms with Crippen molar-refractivity contribution in [2.24, 2.45) is 0 Å². The molecule has 0 saturated carbocycles. The van der Waals surface area contributed by atoms with Gasteiger partial charge < -0.3 is 9.47 Å². The highest BCUT2D eigenvalue weighted by molar-refractivity contribution is 5.90. The molecule has 0 aliphatic heterocycles. The van der Waals surface area contributed by atoms with E-state index in [4.69, 9.17) is 4.74 Å². The number of aryl methyl sites for hydroxylation is 1. The van der Waals surface area contributed by atoms with Gasteiger partial charge in [0.15, 0.2) is 11.4 Å². The molecule has 0 atom stereocenters. The van der Waals surface area contributed by atoms with Gasteiger partial charge in [-0.15, -0.1) is 0 Å². The summed E-state index contributed by atoms with van der Waals surface area (Å²) in [5, 5.41) is 4.04. The molecule has 78 valence electrons. The summed E-state index contributed by atoms with van der Waals surface area (Å²) < 4.78 is 11.2. The number of carbonyl (C=O) groups is 1. The van der Waals surface area contributed by atoms with E-state index in [1.165, 1.54) is 20.4 Å². The minimum Gasteiger partial charge on any atom is -0.493 e. The van der Waals surface area contributed by atoms with Gasteiger partial charge in [0.1, 0.15) is 0 Å². The molecule has 1 rings (SSSR count). The van der Waals surface area contributed by atoms with Crippen molar-refractivity contribution >= 4 is 5.97 Å². The minimum absolute atomic E-state index is 0.372. The van der Waals surface area contributed by atoms with Gasteiger partial charge >= 0.3 is 5.97 Å². The maximum absolute atomic E-state index is 11.4. The Morgan fingerprint density at radius 2 is 2.29 bits per heavy atom. The molecule has 0 aliphatic carbocycles. The van der Waals surface area contributed by atoms with Crippen molar-refractivity contribution in [1.82, 2.24) is 9.78 Å². The van der Waals surface area contributed by atoms with Crippen LogP contribution >= 0.6 is 0 Å². The molecule has 0 fully saturated rings. The van der Waals surface area contributed by atoms with Gasteiger partial charge in [-0.3, -0.25) is 4.68 Å². The third-order valence-electron chi connectivity index (χ3n) is 1.84. The first-order chi connectivity index (χ1) is 6.74. The first-order valence-corrected chi connectivity index (χ1v) is 4.42. The first-order valence-electron chi connectivity index (χ1n) is 4.42. The lowest BCUT2D eigenvalue weighted by molar-refractivity contribution is 0.0582. The molecule has 1 heterocycles. The number of rotatable bonds is 4. The Hall–Kier alpha value is -1.52. The van der Waals surface area contributed by atoms with Crippen LogP contribution in [-0.2, 0) is 11.3 Å². The van der Waals surface area contributed by atoms with Crippen molar-refractivity contribution < 1.29 is 14.3 Å². The maximum atomic E-state index is 11.4. The normalized spacial score (nSPS) is 9.93. The summed E-state index contributed by atoms with van der Waals surface area (Å²) in [6.45, 7) is 2.68. The van der Waals surface area contributed by atoms with Crippen LogP contribution in [0.4, 0.5) is 0 Å². The van der Waals surface area contributed by atoms with Gasteiger partial charge in [-0.2, -0.15) is 5.10 Å². The number of carbonyl (C=O) groups excluding carboxylic acids is 1. The molecule has 0 aliphatic rings. The van der Waals surface area contributed by atoms with Crippen LogP contribution in [0.5, 0.6) is 5.75 Å². The molecule has 0 radical (unpaired) electrons. The van der Waals surface area contributed by atoms with Crippen molar-refractivity contribution in [3.63, 3.8) is 0 Å². The molecule has 0 unspecified atom stereocenters. The molecule has 0 bridgehead atoms. The smallest absolute Gasteiger partial charge is 0.360 e. The molecule has 1 aromatic rings. The van der Waals surface area contributed by atoms with Gasteiger partial charge in [0.25, 0.3) is 0 Å². The third-order valence-corrected chi connectivity index (χ3v) is 1.84. The molecule has 0 spiro atoms. The van der Waals surface area contributed by atoms with Crippen LogP contribution in [0.15, 0.2) is 6.20 Å². The van der Waals surface area contributed by atoms with Crippen LogP contribution < -0.4 is 4.74 Å². The quantitative estimate of drug-likeness (QED) is 0.679. The van der Waals surface area contributed by atoms with E-state index in [-0.39, 0.29) is 0 Å². The predicted octanol–water partition coefficient (Wildman–Crippen LogP) is 1.09. The fraction of sp³-hybridized carbons (Fsp3) is 0.556. The van der Waals surface area contributed by atoms with Crippen LogP contribution in [0.2, 0.25) is 0 Å². The average molecular weight is 198 g/mol. The third kappa shape index (κ3) is 1.86. The summed E-state index contributed by atoms with van der Waals surface area (Å²) >= 11 is 0. The molecule has 0 saturated heterocycles. The molecule has 5 heteroatoms.